The van der Waals surface area contributed by atoms with E-state index in [0.717, 1.165) is 30.7 Å². The van der Waals surface area contributed by atoms with Gasteiger partial charge in [0, 0.05) is 11.9 Å². The Bertz CT molecular complexity index is 686. The number of benzene rings is 1. The van der Waals surface area contributed by atoms with Crippen molar-refractivity contribution in [2.75, 3.05) is 24.6 Å². The summed E-state index contributed by atoms with van der Waals surface area (Å²) < 4.78 is 0. The molecule has 1 aliphatic heterocycles. The minimum atomic E-state index is -1.01. The van der Waals surface area contributed by atoms with Gasteiger partial charge in [0.05, 0.1) is 18.7 Å². The summed E-state index contributed by atoms with van der Waals surface area (Å²) in [5, 5.41) is 20.9. The molecule has 4 nitrogen and oxygen atoms in total. The highest BCUT2D eigenvalue weighted by Gasteiger charge is 2.33. The van der Waals surface area contributed by atoms with Gasteiger partial charge in [-0.1, -0.05) is 13.0 Å². The molecule has 0 saturated carbocycles. The minimum Gasteiger partial charge on any atom is -0.393 e. The SMILES string of the molecule is CCc1ccc2nc(N3CCCC(O)(CO)C3)cc(C)c2c1. The number of hydrogen-bond acceptors (Lipinski definition) is 4. The predicted octanol–water partition coefficient (Wildman–Crippen LogP) is 2.43. The smallest absolute Gasteiger partial charge is 0.129 e. The van der Waals surface area contributed by atoms with E-state index in [2.05, 4.69) is 43.0 Å². The molecule has 0 radical (unpaired) electrons. The van der Waals surface area contributed by atoms with Crippen LogP contribution < -0.4 is 4.90 Å². The number of aryl methyl sites for hydroxylation is 2. The lowest BCUT2D eigenvalue weighted by atomic mass is 9.93. The molecule has 0 bridgehead atoms. The van der Waals surface area contributed by atoms with Crippen LogP contribution in [0.1, 0.15) is 30.9 Å². The predicted molar refractivity (Wildman–Crippen MR) is 89.3 cm³/mol. The summed E-state index contributed by atoms with van der Waals surface area (Å²) in [6.07, 6.45) is 2.53. The Morgan fingerprint density at radius 2 is 2.14 bits per heavy atom. The van der Waals surface area contributed by atoms with Crippen LogP contribution in [0.3, 0.4) is 0 Å². The molecule has 2 heterocycles. The molecule has 1 unspecified atom stereocenters. The molecule has 0 amide bonds. The molecule has 1 aromatic carbocycles. The Morgan fingerprint density at radius 1 is 1.32 bits per heavy atom. The van der Waals surface area contributed by atoms with Gasteiger partial charge in [-0.25, -0.2) is 4.98 Å². The number of aliphatic hydroxyl groups excluding tert-OH is 1. The second-order valence-electron chi connectivity index (χ2n) is 6.41. The zero-order chi connectivity index (χ0) is 15.7. The molecule has 0 aliphatic carbocycles. The van der Waals surface area contributed by atoms with Crippen LogP contribution in [0.4, 0.5) is 5.82 Å². The number of rotatable bonds is 3. The van der Waals surface area contributed by atoms with E-state index in [1.807, 2.05) is 0 Å². The van der Waals surface area contributed by atoms with Gasteiger partial charge in [-0.3, -0.25) is 0 Å². The maximum Gasteiger partial charge on any atom is 0.129 e. The Hall–Kier alpha value is -1.65. The Morgan fingerprint density at radius 3 is 2.86 bits per heavy atom. The highest BCUT2D eigenvalue weighted by molar-refractivity contribution is 5.84. The van der Waals surface area contributed by atoms with E-state index in [4.69, 9.17) is 4.98 Å². The van der Waals surface area contributed by atoms with Gasteiger partial charge in [0.1, 0.15) is 11.4 Å². The van der Waals surface area contributed by atoms with Gasteiger partial charge < -0.3 is 15.1 Å². The van der Waals surface area contributed by atoms with Crippen molar-refractivity contribution in [2.24, 2.45) is 0 Å². The lowest BCUT2D eigenvalue weighted by Gasteiger charge is -2.38. The highest BCUT2D eigenvalue weighted by Crippen LogP contribution is 2.28. The first-order valence-electron chi connectivity index (χ1n) is 8.03. The molecule has 1 atom stereocenters. The molecule has 1 aliphatic rings. The molecule has 1 aromatic heterocycles. The van der Waals surface area contributed by atoms with E-state index < -0.39 is 5.60 Å². The third kappa shape index (κ3) is 2.81. The third-order valence-electron chi connectivity index (χ3n) is 4.65. The summed E-state index contributed by atoms with van der Waals surface area (Å²) in [7, 11) is 0. The van der Waals surface area contributed by atoms with Gasteiger partial charge in [0.25, 0.3) is 0 Å². The summed E-state index contributed by atoms with van der Waals surface area (Å²) in [5.74, 6) is 0.890. The van der Waals surface area contributed by atoms with Crippen molar-refractivity contribution in [1.82, 2.24) is 4.98 Å². The summed E-state index contributed by atoms with van der Waals surface area (Å²) in [5.41, 5.74) is 2.51. The molecule has 3 rings (SSSR count). The minimum absolute atomic E-state index is 0.198. The second-order valence-corrected chi connectivity index (χ2v) is 6.41. The molecule has 118 valence electrons. The van der Waals surface area contributed by atoms with Crippen molar-refractivity contribution in [2.45, 2.75) is 38.7 Å². The lowest BCUT2D eigenvalue weighted by Crippen LogP contribution is -2.50. The number of nitrogens with zero attached hydrogens (tertiary/aromatic N) is 2. The van der Waals surface area contributed by atoms with Crippen molar-refractivity contribution in [3.05, 3.63) is 35.4 Å². The summed E-state index contributed by atoms with van der Waals surface area (Å²) >= 11 is 0. The molecular formula is C18H24N2O2. The zero-order valence-corrected chi connectivity index (χ0v) is 13.3. The van der Waals surface area contributed by atoms with Crippen LogP contribution in [0, 0.1) is 6.92 Å². The largest absolute Gasteiger partial charge is 0.393 e. The van der Waals surface area contributed by atoms with Crippen molar-refractivity contribution >= 4 is 16.7 Å². The monoisotopic (exact) mass is 300 g/mol. The molecule has 22 heavy (non-hydrogen) atoms. The van der Waals surface area contributed by atoms with Crippen molar-refractivity contribution in [3.63, 3.8) is 0 Å². The number of anilines is 1. The fourth-order valence-corrected chi connectivity index (χ4v) is 3.24. The Balaban J connectivity index is 1.98. The van der Waals surface area contributed by atoms with Crippen LogP contribution in [0.2, 0.25) is 0 Å². The quantitative estimate of drug-likeness (QED) is 0.914. The zero-order valence-electron chi connectivity index (χ0n) is 13.3. The van der Waals surface area contributed by atoms with Gasteiger partial charge in [-0.15, -0.1) is 0 Å². The van der Waals surface area contributed by atoms with Crippen LogP contribution in [0.25, 0.3) is 10.9 Å². The van der Waals surface area contributed by atoms with E-state index in [1.54, 1.807) is 0 Å². The average molecular weight is 300 g/mol. The first-order valence-corrected chi connectivity index (χ1v) is 8.03. The first-order chi connectivity index (χ1) is 10.5. The van der Waals surface area contributed by atoms with E-state index in [1.165, 1.54) is 16.5 Å². The maximum atomic E-state index is 10.3. The molecule has 0 spiro atoms. The van der Waals surface area contributed by atoms with Crippen LogP contribution >= 0.6 is 0 Å². The first kappa shape index (κ1) is 15.3. The van der Waals surface area contributed by atoms with E-state index in [9.17, 15) is 10.2 Å². The van der Waals surface area contributed by atoms with E-state index in [-0.39, 0.29) is 6.61 Å². The van der Waals surface area contributed by atoms with Crippen molar-refractivity contribution in [1.29, 1.82) is 0 Å². The standard InChI is InChI=1S/C18H24N2O2/c1-3-14-5-6-16-15(10-14)13(2)9-17(19-16)20-8-4-7-18(22,11-20)12-21/h5-6,9-10,21-22H,3-4,7-8,11-12H2,1-2H3. The second kappa shape index (κ2) is 5.86. The number of aliphatic hydroxyl groups is 2. The molecule has 1 saturated heterocycles. The topological polar surface area (TPSA) is 56.6 Å². The van der Waals surface area contributed by atoms with Gasteiger partial charge in [0.15, 0.2) is 0 Å². The third-order valence-corrected chi connectivity index (χ3v) is 4.65. The van der Waals surface area contributed by atoms with Crippen LogP contribution in [-0.4, -0.2) is 40.5 Å². The summed E-state index contributed by atoms with van der Waals surface area (Å²) in [6, 6.07) is 8.50. The summed E-state index contributed by atoms with van der Waals surface area (Å²) in [4.78, 5) is 6.85. The highest BCUT2D eigenvalue weighted by atomic mass is 16.3. The van der Waals surface area contributed by atoms with E-state index >= 15 is 0 Å². The van der Waals surface area contributed by atoms with E-state index in [0.29, 0.717) is 13.0 Å². The van der Waals surface area contributed by atoms with Crippen molar-refractivity contribution in [3.8, 4) is 0 Å². The number of piperidine rings is 1. The molecular weight excluding hydrogens is 276 g/mol. The molecule has 1 fully saturated rings. The van der Waals surface area contributed by atoms with Gasteiger partial charge >= 0.3 is 0 Å². The Labute approximate surface area is 131 Å². The number of hydrogen-bond donors (Lipinski definition) is 2. The van der Waals surface area contributed by atoms with Crippen LogP contribution in [0.5, 0.6) is 0 Å². The fraction of sp³-hybridized carbons (Fsp3) is 0.500. The number of aromatic nitrogens is 1. The normalized spacial score (nSPS) is 22.3. The Kier molecular flexibility index (Phi) is 4.06. The summed E-state index contributed by atoms with van der Waals surface area (Å²) in [6.45, 7) is 5.37. The van der Waals surface area contributed by atoms with Gasteiger partial charge in [-0.05, 0) is 55.5 Å². The van der Waals surface area contributed by atoms with Gasteiger partial charge in [-0.2, -0.15) is 0 Å². The molecule has 2 N–H and O–H groups in total. The molecule has 4 heteroatoms. The number of β-amino-alcohol motifs (C(OH)–C–C–N with tert-alkyl or cyclic N) is 1. The van der Waals surface area contributed by atoms with Crippen molar-refractivity contribution < 1.29 is 10.2 Å². The molecule has 2 aromatic rings. The number of pyridine rings is 1. The lowest BCUT2D eigenvalue weighted by molar-refractivity contribution is -0.0242. The average Bonchev–Trinajstić information content (AvgIpc) is 2.54. The maximum absolute atomic E-state index is 10.3. The van der Waals surface area contributed by atoms with Crippen LogP contribution in [-0.2, 0) is 6.42 Å². The number of fused-ring (bicyclic) bond motifs is 1. The van der Waals surface area contributed by atoms with Gasteiger partial charge in [0.2, 0.25) is 0 Å². The fourth-order valence-electron chi connectivity index (χ4n) is 3.24. The van der Waals surface area contributed by atoms with Crippen LogP contribution in [0.15, 0.2) is 24.3 Å².